The first-order valence-electron chi connectivity index (χ1n) is 3.56. The number of aromatic amines is 1. The minimum absolute atomic E-state index is 0.518. The van der Waals surface area contributed by atoms with E-state index in [4.69, 9.17) is 5.73 Å². The molecule has 0 atom stereocenters. The molecule has 0 saturated heterocycles. The molecule has 0 spiro atoms. The third-order valence-corrected chi connectivity index (χ3v) is 1.64. The molecule has 1 rings (SSSR count). The van der Waals surface area contributed by atoms with Crippen molar-refractivity contribution >= 4 is 5.82 Å². The van der Waals surface area contributed by atoms with E-state index in [1.54, 1.807) is 0 Å². The number of anilines is 1. The van der Waals surface area contributed by atoms with Crippen LogP contribution >= 0.6 is 0 Å². The van der Waals surface area contributed by atoms with Gasteiger partial charge in [-0.15, -0.1) is 0 Å². The molecule has 0 radical (unpaired) electrons. The molecule has 2 nitrogen and oxygen atoms in total. The van der Waals surface area contributed by atoms with Crippen LogP contribution in [0.25, 0.3) is 0 Å². The zero-order chi connectivity index (χ0) is 7.72. The first-order valence-corrected chi connectivity index (χ1v) is 3.56. The summed E-state index contributed by atoms with van der Waals surface area (Å²) in [4.78, 5) is 3.07. The van der Waals surface area contributed by atoms with Gasteiger partial charge < -0.3 is 10.7 Å². The van der Waals surface area contributed by atoms with E-state index in [1.165, 1.54) is 5.56 Å². The van der Waals surface area contributed by atoms with Gasteiger partial charge in [-0.2, -0.15) is 0 Å². The zero-order valence-electron chi connectivity index (χ0n) is 6.73. The first kappa shape index (κ1) is 7.19. The van der Waals surface area contributed by atoms with Crippen LogP contribution in [-0.2, 0) is 0 Å². The largest absolute Gasteiger partial charge is 0.385 e. The number of hydrogen-bond acceptors (Lipinski definition) is 1. The van der Waals surface area contributed by atoms with Crippen molar-refractivity contribution in [3.8, 4) is 0 Å². The molecule has 0 fully saturated rings. The fourth-order valence-corrected chi connectivity index (χ4v) is 1.11. The minimum Gasteiger partial charge on any atom is -0.385 e. The maximum absolute atomic E-state index is 5.69. The summed E-state index contributed by atoms with van der Waals surface area (Å²) in [6.45, 7) is 6.29. The van der Waals surface area contributed by atoms with Gasteiger partial charge in [0.2, 0.25) is 0 Å². The highest BCUT2D eigenvalue weighted by molar-refractivity contribution is 5.44. The Labute approximate surface area is 61.4 Å². The van der Waals surface area contributed by atoms with Crippen molar-refractivity contribution in [2.75, 3.05) is 5.73 Å². The molecule has 0 aliphatic rings. The fraction of sp³-hybridized carbons (Fsp3) is 0.500. The SMILES string of the molecule is Cc1cc(C(C)C)c(N)[nH]1. The second-order valence-corrected chi connectivity index (χ2v) is 2.98. The summed E-state index contributed by atoms with van der Waals surface area (Å²) in [5, 5.41) is 0. The van der Waals surface area contributed by atoms with Gasteiger partial charge in [0.15, 0.2) is 0 Å². The van der Waals surface area contributed by atoms with E-state index < -0.39 is 0 Å². The minimum atomic E-state index is 0.518. The van der Waals surface area contributed by atoms with Crippen molar-refractivity contribution < 1.29 is 0 Å². The third-order valence-electron chi connectivity index (χ3n) is 1.64. The van der Waals surface area contributed by atoms with Crippen molar-refractivity contribution in [1.82, 2.24) is 4.98 Å². The second-order valence-electron chi connectivity index (χ2n) is 2.98. The summed E-state index contributed by atoms with van der Waals surface area (Å²) in [6, 6.07) is 2.10. The van der Waals surface area contributed by atoms with Gasteiger partial charge >= 0.3 is 0 Å². The van der Waals surface area contributed by atoms with E-state index in [9.17, 15) is 0 Å². The summed E-state index contributed by atoms with van der Waals surface area (Å²) in [5.41, 5.74) is 8.05. The molecule has 0 unspecified atom stereocenters. The van der Waals surface area contributed by atoms with Gasteiger partial charge in [-0.1, -0.05) is 13.8 Å². The van der Waals surface area contributed by atoms with Gasteiger partial charge in [0, 0.05) is 5.69 Å². The first-order chi connectivity index (χ1) is 4.61. The standard InChI is InChI=1S/C8H14N2/c1-5(2)7-4-6(3)10-8(7)9/h4-5,10H,9H2,1-3H3. The summed E-state index contributed by atoms with van der Waals surface area (Å²) in [7, 11) is 0. The highest BCUT2D eigenvalue weighted by Gasteiger charge is 2.05. The lowest BCUT2D eigenvalue weighted by Gasteiger charge is -2.00. The number of H-pyrrole nitrogens is 1. The van der Waals surface area contributed by atoms with Gasteiger partial charge in [0.05, 0.1) is 0 Å². The Kier molecular flexibility index (Phi) is 1.70. The van der Waals surface area contributed by atoms with Crippen molar-refractivity contribution in [3.63, 3.8) is 0 Å². The number of hydrogen-bond donors (Lipinski definition) is 2. The Balaban J connectivity index is 3.03. The molecule has 1 aromatic heterocycles. The molecule has 56 valence electrons. The van der Waals surface area contributed by atoms with Gasteiger partial charge in [-0.05, 0) is 24.5 Å². The molecule has 0 saturated carbocycles. The molecular formula is C8H14N2. The maximum atomic E-state index is 5.69. The van der Waals surface area contributed by atoms with E-state index in [1.807, 2.05) is 6.92 Å². The van der Waals surface area contributed by atoms with Crippen LogP contribution in [0, 0.1) is 6.92 Å². The molecular weight excluding hydrogens is 124 g/mol. The Bertz CT molecular complexity index is 223. The Morgan fingerprint density at radius 1 is 1.50 bits per heavy atom. The Hall–Kier alpha value is -0.920. The average molecular weight is 138 g/mol. The molecule has 2 heteroatoms. The van der Waals surface area contributed by atoms with Crippen LogP contribution < -0.4 is 5.73 Å². The summed E-state index contributed by atoms with van der Waals surface area (Å²) < 4.78 is 0. The molecule has 3 N–H and O–H groups in total. The quantitative estimate of drug-likeness (QED) is 0.612. The van der Waals surface area contributed by atoms with E-state index in [2.05, 4.69) is 24.9 Å². The number of nitrogen functional groups attached to an aromatic ring is 1. The molecule has 0 aliphatic heterocycles. The molecule has 10 heavy (non-hydrogen) atoms. The van der Waals surface area contributed by atoms with Crippen LogP contribution in [0.3, 0.4) is 0 Å². The molecule has 0 bridgehead atoms. The number of aryl methyl sites for hydroxylation is 1. The number of nitrogens with two attached hydrogens (primary N) is 1. The normalized spacial score (nSPS) is 10.8. The molecule has 1 aromatic rings. The number of nitrogens with one attached hydrogen (secondary N) is 1. The second kappa shape index (κ2) is 2.37. The number of rotatable bonds is 1. The molecule has 1 heterocycles. The lowest BCUT2D eigenvalue weighted by molar-refractivity contribution is 0.872. The molecule has 0 amide bonds. The van der Waals surface area contributed by atoms with Crippen LogP contribution in [0.4, 0.5) is 5.82 Å². The van der Waals surface area contributed by atoms with Crippen molar-refractivity contribution in [2.45, 2.75) is 26.7 Å². The lowest BCUT2D eigenvalue weighted by atomic mass is 10.1. The number of aromatic nitrogens is 1. The van der Waals surface area contributed by atoms with Gasteiger partial charge in [0.1, 0.15) is 5.82 Å². The third kappa shape index (κ3) is 1.15. The molecule has 0 aliphatic carbocycles. The van der Waals surface area contributed by atoms with Gasteiger partial charge in [-0.3, -0.25) is 0 Å². The maximum Gasteiger partial charge on any atom is 0.104 e. The predicted octanol–water partition coefficient (Wildman–Crippen LogP) is 2.03. The molecule has 0 aromatic carbocycles. The van der Waals surface area contributed by atoms with E-state index in [0.29, 0.717) is 5.92 Å². The van der Waals surface area contributed by atoms with Crippen LogP contribution in [-0.4, -0.2) is 4.98 Å². The average Bonchev–Trinajstić information content (AvgIpc) is 2.10. The monoisotopic (exact) mass is 138 g/mol. The van der Waals surface area contributed by atoms with Crippen molar-refractivity contribution in [2.24, 2.45) is 0 Å². The Morgan fingerprint density at radius 3 is 2.30 bits per heavy atom. The van der Waals surface area contributed by atoms with Crippen LogP contribution in [0.2, 0.25) is 0 Å². The zero-order valence-corrected chi connectivity index (χ0v) is 6.73. The smallest absolute Gasteiger partial charge is 0.104 e. The summed E-state index contributed by atoms with van der Waals surface area (Å²) >= 11 is 0. The van der Waals surface area contributed by atoms with E-state index in [-0.39, 0.29) is 0 Å². The van der Waals surface area contributed by atoms with Crippen LogP contribution in [0.15, 0.2) is 6.07 Å². The summed E-state index contributed by atoms with van der Waals surface area (Å²) in [5.74, 6) is 1.33. The highest BCUT2D eigenvalue weighted by atomic mass is 14.9. The van der Waals surface area contributed by atoms with Crippen LogP contribution in [0.1, 0.15) is 31.0 Å². The lowest BCUT2D eigenvalue weighted by Crippen LogP contribution is -1.92. The predicted molar refractivity (Wildman–Crippen MR) is 44.0 cm³/mol. The summed E-state index contributed by atoms with van der Waals surface area (Å²) in [6.07, 6.45) is 0. The van der Waals surface area contributed by atoms with Crippen molar-refractivity contribution in [1.29, 1.82) is 0 Å². The topological polar surface area (TPSA) is 41.8 Å². The van der Waals surface area contributed by atoms with E-state index >= 15 is 0 Å². The van der Waals surface area contributed by atoms with Crippen LogP contribution in [0.5, 0.6) is 0 Å². The van der Waals surface area contributed by atoms with Gasteiger partial charge in [0.25, 0.3) is 0 Å². The fourth-order valence-electron chi connectivity index (χ4n) is 1.11. The van der Waals surface area contributed by atoms with Gasteiger partial charge in [-0.25, -0.2) is 0 Å². The highest BCUT2D eigenvalue weighted by Crippen LogP contribution is 2.21. The Morgan fingerprint density at radius 2 is 2.10 bits per heavy atom. The van der Waals surface area contributed by atoms with Crippen molar-refractivity contribution in [3.05, 3.63) is 17.3 Å². The van der Waals surface area contributed by atoms with E-state index in [0.717, 1.165) is 11.5 Å².